The van der Waals surface area contributed by atoms with E-state index < -0.39 is 35.7 Å². The molecule has 4 aromatic rings. The van der Waals surface area contributed by atoms with Gasteiger partial charge in [-0.2, -0.15) is 0 Å². The molecule has 11 N–H and O–H groups in total. The molecule has 0 aliphatic heterocycles. The standard InChI is InChI=1S/C38H48N8O5/c1-22-12-30(47)13-23(2)31(22)16-28(18-34(48)32(39)8-5-11-44-38(41)42)37(51)46-33(19-29-20-43-21-45-29)35(49)17-27(36(40)50)15-24-9-10-25-6-3-4-7-26(25)14-24/h3-4,6-7,9-10,12-14,20-21,27-28,32-33,47H,5,8,11,15-19,39H2,1-2H3,(H2,40,50)(H,43,45)(H,46,51)(H4,41,42,44)/t27-,28-,32-,33+/m1/s1. The second-order valence-electron chi connectivity index (χ2n) is 13.2. The number of phenols is 1. The number of nitrogens with one attached hydrogen (secondary N) is 2. The maximum Gasteiger partial charge on any atom is 0.224 e. The third kappa shape index (κ3) is 11.2. The highest BCUT2D eigenvalue weighted by molar-refractivity contribution is 5.95. The number of imidazole rings is 1. The Labute approximate surface area is 297 Å². The van der Waals surface area contributed by atoms with Gasteiger partial charge in [-0.3, -0.25) is 24.2 Å². The van der Waals surface area contributed by atoms with Gasteiger partial charge >= 0.3 is 0 Å². The smallest absolute Gasteiger partial charge is 0.224 e. The number of H-pyrrole nitrogens is 1. The van der Waals surface area contributed by atoms with Gasteiger partial charge in [0.2, 0.25) is 11.8 Å². The minimum atomic E-state index is -1.05. The summed E-state index contributed by atoms with van der Waals surface area (Å²) in [5.41, 5.74) is 26.6. The average molecular weight is 697 g/mol. The second-order valence-corrected chi connectivity index (χ2v) is 13.2. The molecule has 13 nitrogen and oxygen atoms in total. The molecule has 0 fully saturated rings. The third-order valence-corrected chi connectivity index (χ3v) is 9.16. The molecule has 2 amide bonds. The summed E-state index contributed by atoms with van der Waals surface area (Å²) >= 11 is 0. The molecule has 3 aromatic carbocycles. The first-order chi connectivity index (χ1) is 24.3. The van der Waals surface area contributed by atoms with E-state index in [1.165, 1.54) is 6.33 Å². The van der Waals surface area contributed by atoms with Crippen molar-refractivity contribution >= 4 is 40.1 Å². The molecule has 0 bridgehead atoms. The van der Waals surface area contributed by atoms with Gasteiger partial charge in [-0.05, 0) is 84.7 Å². The number of aromatic nitrogens is 2. The van der Waals surface area contributed by atoms with Gasteiger partial charge in [-0.1, -0.05) is 42.5 Å². The number of hydrogen-bond acceptors (Lipinski definition) is 8. The molecule has 51 heavy (non-hydrogen) atoms. The van der Waals surface area contributed by atoms with Crippen LogP contribution in [0.2, 0.25) is 0 Å². The van der Waals surface area contributed by atoms with E-state index in [0.29, 0.717) is 25.1 Å². The number of carbonyl (C=O) groups excluding carboxylic acids is 4. The van der Waals surface area contributed by atoms with Crippen molar-refractivity contribution in [1.82, 2.24) is 15.3 Å². The number of carbonyl (C=O) groups is 4. The van der Waals surface area contributed by atoms with Crippen LogP contribution in [0.3, 0.4) is 0 Å². The van der Waals surface area contributed by atoms with Gasteiger partial charge in [0, 0.05) is 49.5 Å². The minimum absolute atomic E-state index is 0.0543. The van der Waals surface area contributed by atoms with Crippen LogP contribution in [-0.4, -0.2) is 63.0 Å². The van der Waals surface area contributed by atoms with Crippen LogP contribution in [0.25, 0.3) is 10.8 Å². The van der Waals surface area contributed by atoms with Crippen LogP contribution in [0.5, 0.6) is 5.75 Å². The van der Waals surface area contributed by atoms with E-state index in [0.717, 1.165) is 33.0 Å². The molecular formula is C38H48N8O5. The molecular weight excluding hydrogens is 648 g/mol. The molecule has 0 unspecified atom stereocenters. The van der Waals surface area contributed by atoms with E-state index in [-0.39, 0.29) is 55.4 Å². The predicted octanol–water partition coefficient (Wildman–Crippen LogP) is 2.42. The summed E-state index contributed by atoms with van der Waals surface area (Å²) in [5, 5.41) is 15.1. The Morgan fingerprint density at radius 3 is 2.22 bits per heavy atom. The van der Waals surface area contributed by atoms with Gasteiger partial charge in [-0.15, -0.1) is 0 Å². The molecule has 0 aliphatic rings. The van der Waals surface area contributed by atoms with Gasteiger partial charge in [0.05, 0.1) is 18.4 Å². The van der Waals surface area contributed by atoms with E-state index in [2.05, 4.69) is 20.3 Å². The third-order valence-electron chi connectivity index (χ3n) is 9.16. The Kier molecular flexibility index (Phi) is 13.4. The fourth-order valence-electron chi connectivity index (χ4n) is 6.33. The molecule has 0 spiro atoms. The molecule has 0 saturated heterocycles. The van der Waals surface area contributed by atoms with Crippen molar-refractivity contribution < 1.29 is 24.3 Å². The highest BCUT2D eigenvalue weighted by Crippen LogP contribution is 2.26. The number of nitrogens with two attached hydrogens (primary N) is 4. The Morgan fingerprint density at radius 2 is 1.57 bits per heavy atom. The zero-order chi connectivity index (χ0) is 37.1. The lowest BCUT2D eigenvalue weighted by molar-refractivity contribution is -0.133. The number of ketones is 2. The quantitative estimate of drug-likeness (QED) is 0.0432. The van der Waals surface area contributed by atoms with Gasteiger partial charge in [-0.25, -0.2) is 4.98 Å². The number of nitrogens with zero attached hydrogens (tertiary/aromatic N) is 2. The number of aryl methyl sites for hydroxylation is 2. The number of rotatable bonds is 19. The summed E-state index contributed by atoms with van der Waals surface area (Å²) in [6.07, 6.45) is 3.89. The normalized spacial score (nSPS) is 13.5. The number of aliphatic imine (C=N–C) groups is 1. The lowest BCUT2D eigenvalue weighted by atomic mass is 9.86. The van der Waals surface area contributed by atoms with Crippen molar-refractivity contribution in [2.75, 3.05) is 6.54 Å². The maximum absolute atomic E-state index is 14.1. The van der Waals surface area contributed by atoms with Crippen LogP contribution in [0, 0.1) is 25.7 Å². The number of guanidine groups is 1. The molecule has 0 aliphatic carbocycles. The number of benzene rings is 3. The first kappa shape index (κ1) is 38.2. The van der Waals surface area contributed by atoms with Gasteiger partial charge in [0.25, 0.3) is 0 Å². The number of amides is 2. The molecule has 270 valence electrons. The van der Waals surface area contributed by atoms with Crippen molar-refractivity contribution in [2.45, 2.75) is 70.9 Å². The van der Waals surface area contributed by atoms with Crippen molar-refractivity contribution in [2.24, 2.45) is 39.8 Å². The van der Waals surface area contributed by atoms with Crippen LogP contribution < -0.4 is 28.3 Å². The molecule has 1 aromatic heterocycles. The minimum Gasteiger partial charge on any atom is -0.508 e. The number of primary amides is 1. The molecule has 13 heteroatoms. The van der Waals surface area contributed by atoms with Crippen molar-refractivity contribution in [3.05, 3.63) is 95.1 Å². The summed E-state index contributed by atoms with van der Waals surface area (Å²) in [6, 6.07) is 15.0. The Morgan fingerprint density at radius 1 is 0.882 bits per heavy atom. The number of Topliss-reactive ketones (excluding diaryl/α,β-unsaturated/α-hetero) is 2. The van der Waals surface area contributed by atoms with Crippen LogP contribution >= 0.6 is 0 Å². The zero-order valence-corrected chi connectivity index (χ0v) is 29.1. The van der Waals surface area contributed by atoms with Crippen molar-refractivity contribution in [1.29, 1.82) is 0 Å². The maximum atomic E-state index is 14.1. The van der Waals surface area contributed by atoms with E-state index >= 15 is 0 Å². The summed E-state index contributed by atoms with van der Waals surface area (Å²) in [5.74, 6) is -3.55. The van der Waals surface area contributed by atoms with Crippen molar-refractivity contribution in [3.63, 3.8) is 0 Å². The van der Waals surface area contributed by atoms with Crippen LogP contribution in [0.1, 0.15) is 53.6 Å². The fourth-order valence-corrected chi connectivity index (χ4v) is 6.33. The van der Waals surface area contributed by atoms with Crippen LogP contribution in [0.4, 0.5) is 0 Å². The lowest BCUT2D eigenvalue weighted by Gasteiger charge is -2.25. The molecule has 0 radical (unpaired) electrons. The molecule has 0 saturated carbocycles. The van der Waals surface area contributed by atoms with E-state index in [4.69, 9.17) is 22.9 Å². The van der Waals surface area contributed by atoms with Crippen LogP contribution in [-0.2, 0) is 38.4 Å². The van der Waals surface area contributed by atoms with E-state index in [1.807, 2.05) is 56.3 Å². The monoisotopic (exact) mass is 696 g/mol. The van der Waals surface area contributed by atoms with Gasteiger partial charge in [0.1, 0.15) is 11.5 Å². The highest BCUT2D eigenvalue weighted by Gasteiger charge is 2.32. The number of hydrogen-bond donors (Lipinski definition) is 7. The molecule has 4 rings (SSSR count). The largest absolute Gasteiger partial charge is 0.508 e. The van der Waals surface area contributed by atoms with Crippen LogP contribution in [0.15, 0.2) is 72.1 Å². The summed E-state index contributed by atoms with van der Waals surface area (Å²) in [6.45, 7) is 3.94. The average Bonchev–Trinajstić information content (AvgIpc) is 3.59. The predicted molar refractivity (Wildman–Crippen MR) is 196 cm³/mol. The first-order valence-electron chi connectivity index (χ1n) is 17.0. The molecule has 1 heterocycles. The van der Waals surface area contributed by atoms with E-state index in [9.17, 15) is 24.3 Å². The summed E-state index contributed by atoms with van der Waals surface area (Å²) in [7, 11) is 0. The number of aromatic amines is 1. The topological polar surface area (TPSA) is 246 Å². The number of phenolic OH excluding ortho intramolecular Hbond substituents is 1. The Bertz CT molecular complexity index is 1850. The van der Waals surface area contributed by atoms with Gasteiger partial charge < -0.3 is 38.3 Å². The lowest BCUT2D eigenvalue weighted by Crippen LogP contribution is -2.47. The fraction of sp³-hybridized carbons (Fsp3) is 0.368. The number of aromatic hydroxyl groups is 1. The summed E-state index contributed by atoms with van der Waals surface area (Å²) < 4.78 is 0. The van der Waals surface area contributed by atoms with Crippen molar-refractivity contribution in [3.8, 4) is 5.75 Å². The Hall–Kier alpha value is -5.56. The SMILES string of the molecule is Cc1cc(O)cc(C)c1C[C@H](CC(=O)[C@H](N)CCCN=C(N)N)C(=O)N[C@@H](Cc1cnc[nH]1)C(=O)C[C@@H](Cc1ccc2ccccc2c1)C(N)=O. The Balaban J connectivity index is 1.56. The summed E-state index contributed by atoms with van der Waals surface area (Å²) in [4.78, 5) is 65.1. The highest BCUT2D eigenvalue weighted by atomic mass is 16.3. The second kappa shape index (κ2) is 17.9. The first-order valence-corrected chi connectivity index (χ1v) is 17.0. The zero-order valence-electron chi connectivity index (χ0n) is 29.1. The van der Waals surface area contributed by atoms with E-state index in [1.54, 1.807) is 18.3 Å². The number of fused-ring (bicyclic) bond motifs is 1. The van der Waals surface area contributed by atoms with Gasteiger partial charge in [0.15, 0.2) is 11.7 Å². The molecule has 4 atom stereocenters.